The van der Waals surface area contributed by atoms with Crippen LogP contribution in [0.5, 0.6) is 0 Å². The van der Waals surface area contributed by atoms with Gasteiger partial charge in [0.05, 0.1) is 11.0 Å². The number of rotatable bonds is 4. The SMILES string of the molecule is CC1(C)c2ccccc2-c2cc(/C(N)=c3\cccc\c3=C(\N)n3c4ccccc4c4cc5ccccc5c(-c5ccc(-c6cccc7c6sc6ccccc67)cc5)c43)ccc21. The van der Waals surface area contributed by atoms with Crippen LogP contribution in [-0.4, -0.2) is 4.57 Å². The summed E-state index contributed by atoms with van der Waals surface area (Å²) in [6.45, 7) is 4.61. The first-order valence-corrected chi connectivity index (χ1v) is 21.7. The van der Waals surface area contributed by atoms with Crippen molar-refractivity contribution in [3.63, 3.8) is 0 Å². The standard InChI is InChI=1S/C57H41N3S/c1-57(2)48-23-10-7-16-40(48)46-33-37(30-31-49(46)57)53(58)43-19-5-6-20-45(43)56(59)60-50-24-11-8-17-41(50)47-32-36-14-3-4-15-38(36)52(54(47)60)35-28-26-34(27-29-35)39-21-13-22-44-42-18-9-12-25-51(42)61-55(39)44/h3-33H,58-59H2,1-2H3/b53-43-,56-45+. The zero-order valence-corrected chi connectivity index (χ0v) is 34.7. The van der Waals surface area contributed by atoms with Crippen LogP contribution >= 0.6 is 11.3 Å². The lowest BCUT2D eigenvalue weighted by molar-refractivity contribution is 0.660. The molecule has 1 aliphatic rings. The molecule has 1 aliphatic carbocycles. The Bertz CT molecular complexity index is 3750. The number of hydrogen-bond donors (Lipinski definition) is 2. The summed E-state index contributed by atoms with van der Waals surface area (Å²) in [5.74, 6) is 0.627. The molecule has 0 spiro atoms. The van der Waals surface area contributed by atoms with Gasteiger partial charge in [0.25, 0.3) is 0 Å². The van der Waals surface area contributed by atoms with E-state index in [9.17, 15) is 0 Å². The van der Waals surface area contributed by atoms with Crippen molar-refractivity contribution in [2.75, 3.05) is 0 Å². The lowest BCUT2D eigenvalue weighted by Gasteiger charge is -2.21. The Morgan fingerprint density at radius 3 is 1.98 bits per heavy atom. The zero-order chi connectivity index (χ0) is 41.0. The Balaban J connectivity index is 1.10. The third-order valence-corrected chi connectivity index (χ3v) is 14.4. The predicted octanol–water partition coefficient (Wildman–Crippen LogP) is 12.6. The first kappa shape index (κ1) is 35.5. The van der Waals surface area contributed by atoms with Crippen LogP contribution in [0.2, 0.25) is 0 Å². The number of thiophene rings is 1. The van der Waals surface area contributed by atoms with Crippen LogP contribution in [0.15, 0.2) is 188 Å². The fourth-order valence-electron chi connectivity index (χ4n) is 10.2. The molecule has 61 heavy (non-hydrogen) atoms. The third kappa shape index (κ3) is 5.22. The predicted molar refractivity (Wildman–Crippen MR) is 260 cm³/mol. The second-order valence-electron chi connectivity index (χ2n) is 16.9. The molecule has 0 radical (unpaired) electrons. The average Bonchev–Trinajstić information content (AvgIpc) is 3.93. The zero-order valence-electron chi connectivity index (χ0n) is 33.9. The van der Waals surface area contributed by atoms with Gasteiger partial charge in [0.15, 0.2) is 0 Å². The van der Waals surface area contributed by atoms with Crippen LogP contribution in [-0.2, 0) is 5.41 Å². The summed E-state index contributed by atoms with van der Waals surface area (Å²) in [6, 6.07) is 67.9. The van der Waals surface area contributed by atoms with Gasteiger partial charge in [-0.1, -0.05) is 178 Å². The maximum absolute atomic E-state index is 7.59. The second-order valence-corrected chi connectivity index (χ2v) is 17.9. The molecule has 9 aromatic carbocycles. The molecular formula is C57H41N3S. The molecule has 0 saturated carbocycles. The van der Waals surface area contributed by atoms with Crippen molar-refractivity contribution in [1.82, 2.24) is 4.57 Å². The third-order valence-electron chi connectivity index (χ3n) is 13.2. The number of aromatic nitrogens is 1. The number of para-hydroxylation sites is 1. The van der Waals surface area contributed by atoms with Crippen LogP contribution in [0.4, 0.5) is 0 Å². The van der Waals surface area contributed by atoms with Gasteiger partial charge in [0.2, 0.25) is 0 Å². The molecule has 4 N–H and O–H groups in total. The Morgan fingerprint density at radius 2 is 1.13 bits per heavy atom. The van der Waals surface area contributed by atoms with Gasteiger partial charge in [-0.2, -0.15) is 0 Å². The van der Waals surface area contributed by atoms with Gasteiger partial charge in [-0.05, 0) is 79.5 Å². The Hall–Kier alpha value is -7.40. The summed E-state index contributed by atoms with van der Waals surface area (Å²) >= 11 is 1.87. The molecule has 0 unspecified atom stereocenters. The number of hydrogen-bond acceptors (Lipinski definition) is 3. The largest absolute Gasteiger partial charge is 0.398 e. The van der Waals surface area contributed by atoms with E-state index in [-0.39, 0.29) is 5.41 Å². The topological polar surface area (TPSA) is 57.0 Å². The van der Waals surface area contributed by atoms with Crippen LogP contribution in [0, 0.1) is 0 Å². The fourth-order valence-corrected chi connectivity index (χ4v) is 11.5. The number of nitrogens with zero attached hydrogens (tertiary/aromatic N) is 1. The minimum Gasteiger partial charge on any atom is -0.398 e. The molecule has 12 rings (SSSR count). The van der Waals surface area contributed by atoms with Crippen LogP contribution in [0.3, 0.4) is 0 Å². The first-order valence-electron chi connectivity index (χ1n) is 20.9. The lowest BCUT2D eigenvalue weighted by Crippen LogP contribution is -2.35. The van der Waals surface area contributed by atoms with E-state index >= 15 is 0 Å². The van der Waals surface area contributed by atoms with E-state index in [1.807, 2.05) is 11.3 Å². The highest BCUT2D eigenvalue weighted by molar-refractivity contribution is 7.26. The Kier molecular flexibility index (Phi) is 7.75. The summed E-state index contributed by atoms with van der Waals surface area (Å²) in [4.78, 5) is 0. The van der Waals surface area contributed by atoms with Crippen molar-refractivity contribution in [3.8, 4) is 33.4 Å². The van der Waals surface area contributed by atoms with Crippen molar-refractivity contribution in [2.24, 2.45) is 11.5 Å². The van der Waals surface area contributed by atoms with E-state index in [1.165, 1.54) is 64.3 Å². The molecule has 290 valence electrons. The molecule has 0 amide bonds. The van der Waals surface area contributed by atoms with Crippen LogP contribution in [0.25, 0.3) is 97.6 Å². The quantitative estimate of drug-likeness (QED) is 0.186. The van der Waals surface area contributed by atoms with E-state index < -0.39 is 0 Å². The summed E-state index contributed by atoms with van der Waals surface area (Å²) in [5, 5.41) is 9.06. The van der Waals surface area contributed by atoms with Gasteiger partial charge >= 0.3 is 0 Å². The van der Waals surface area contributed by atoms with Gasteiger partial charge in [0.1, 0.15) is 5.82 Å². The Labute approximate surface area is 357 Å². The van der Waals surface area contributed by atoms with Crippen molar-refractivity contribution in [2.45, 2.75) is 19.3 Å². The van der Waals surface area contributed by atoms with Crippen molar-refractivity contribution < 1.29 is 0 Å². The molecule has 0 aliphatic heterocycles. The summed E-state index contributed by atoms with van der Waals surface area (Å²) in [7, 11) is 0. The molecule has 2 heterocycles. The smallest absolute Gasteiger partial charge is 0.116 e. The molecule has 0 fully saturated rings. The molecule has 11 aromatic rings. The van der Waals surface area contributed by atoms with Crippen molar-refractivity contribution in [3.05, 3.63) is 215 Å². The van der Waals surface area contributed by atoms with Crippen LogP contribution in [0.1, 0.15) is 30.5 Å². The van der Waals surface area contributed by atoms with Gasteiger partial charge in [-0.25, -0.2) is 0 Å². The molecule has 2 aromatic heterocycles. The van der Waals surface area contributed by atoms with Gasteiger partial charge in [-0.3, -0.25) is 4.57 Å². The van der Waals surface area contributed by atoms with E-state index in [2.05, 4.69) is 206 Å². The highest BCUT2D eigenvalue weighted by Crippen LogP contribution is 2.49. The molecule has 0 saturated heterocycles. The summed E-state index contributed by atoms with van der Waals surface area (Å²) in [5.41, 5.74) is 28.5. The highest BCUT2D eigenvalue weighted by atomic mass is 32.1. The first-order chi connectivity index (χ1) is 29.9. The van der Waals surface area contributed by atoms with E-state index in [1.54, 1.807) is 0 Å². The van der Waals surface area contributed by atoms with Crippen molar-refractivity contribution in [1.29, 1.82) is 0 Å². The molecular weight excluding hydrogens is 759 g/mol. The molecule has 0 atom stereocenters. The number of benzene rings is 9. The number of fused-ring (bicyclic) bond motifs is 10. The minimum atomic E-state index is -0.0820. The van der Waals surface area contributed by atoms with Gasteiger partial charge in [0, 0.05) is 58.1 Å². The highest BCUT2D eigenvalue weighted by Gasteiger charge is 2.35. The van der Waals surface area contributed by atoms with E-state index in [0.717, 1.165) is 48.9 Å². The Morgan fingerprint density at radius 1 is 0.492 bits per heavy atom. The maximum Gasteiger partial charge on any atom is 0.116 e. The van der Waals surface area contributed by atoms with E-state index in [0.29, 0.717) is 11.5 Å². The fraction of sp³-hybridized carbons (Fsp3) is 0.0526. The molecule has 0 bridgehead atoms. The van der Waals surface area contributed by atoms with Crippen LogP contribution < -0.4 is 21.9 Å². The average molecular weight is 800 g/mol. The molecule has 4 heteroatoms. The minimum absolute atomic E-state index is 0.0820. The monoisotopic (exact) mass is 799 g/mol. The summed E-state index contributed by atoms with van der Waals surface area (Å²) in [6.07, 6.45) is 0. The van der Waals surface area contributed by atoms with Crippen molar-refractivity contribution >= 4 is 75.6 Å². The second kappa shape index (κ2) is 13.3. The number of nitrogens with two attached hydrogens (primary N) is 2. The maximum atomic E-state index is 7.59. The molecule has 3 nitrogen and oxygen atoms in total. The normalized spacial score (nSPS) is 14.2. The lowest BCUT2D eigenvalue weighted by atomic mass is 9.82. The van der Waals surface area contributed by atoms with Gasteiger partial charge in [-0.15, -0.1) is 11.3 Å². The van der Waals surface area contributed by atoms with Gasteiger partial charge < -0.3 is 11.5 Å². The van der Waals surface area contributed by atoms with E-state index in [4.69, 9.17) is 11.5 Å². The summed E-state index contributed by atoms with van der Waals surface area (Å²) < 4.78 is 4.89.